The first-order chi connectivity index (χ1) is 17.7. The summed E-state index contributed by atoms with van der Waals surface area (Å²) in [6, 6.07) is 19.2. The summed E-state index contributed by atoms with van der Waals surface area (Å²) >= 11 is 12.7. The number of aromatic nitrogens is 1. The molecule has 8 heteroatoms. The third kappa shape index (κ3) is 6.53. The van der Waals surface area contributed by atoms with Crippen LogP contribution in [0.1, 0.15) is 25.0 Å². The van der Waals surface area contributed by atoms with Crippen LogP contribution in [-0.4, -0.2) is 29.0 Å². The Hall–Kier alpha value is -3.74. The average Bonchev–Trinajstić information content (AvgIpc) is 3.24. The SMILES string of the molecule is Cc1c[nH]c2cc(-c3ccc(OC/C(C(=O)C(C)C)=C(/N)c4c(Cl)cccc4Cl)cc3)ccc12.O=CO. The van der Waals surface area contributed by atoms with Crippen LogP contribution in [0.4, 0.5) is 0 Å². The van der Waals surface area contributed by atoms with Crippen LogP contribution in [0.5, 0.6) is 5.75 Å². The van der Waals surface area contributed by atoms with Gasteiger partial charge in [-0.1, -0.05) is 67.4 Å². The average molecular weight is 539 g/mol. The van der Waals surface area contributed by atoms with Gasteiger partial charge in [-0.25, -0.2) is 0 Å². The number of fused-ring (bicyclic) bond motifs is 1. The molecule has 0 unspecified atom stereocenters. The van der Waals surface area contributed by atoms with Crippen molar-refractivity contribution in [3.8, 4) is 16.9 Å². The van der Waals surface area contributed by atoms with Crippen LogP contribution in [0.3, 0.4) is 0 Å². The van der Waals surface area contributed by atoms with Gasteiger partial charge in [-0.15, -0.1) is 0 Å². The molecule has 4 aromatic rings. The van der Waals surface area contributed by atoms with E-state index < -0.39 is 0 Å². The van der Waals surface area contributed by atoms with Crippen molar-refractivity contribution >= 4 is 52.1 Å². The van der Waals surface area contributed by atoms with Gasteiger partial charge in [0.05, 0.1) is 21.3 Å². The van der Waals surface area contributed by atoms with Crippen molar-refractivity contribution in [3.63, 3.8) is 0 Å². The van der Waals surface area contributed by atoms with Gasteiger partial charge in [-0.2, -0.15) is 0 Å². The lowest BCUT2D eigenvalue weighted by molar-refractivity contribution is -0.123. The summed E-state index contributed by atoms with van der Waals surface area (Å²) in [6.45, 7) is 5.49. The molecule has 4 N–H and O–H groups in total. The molecule has 0 atom stereocenters. The van der Waals surface area contributed by atoms with E-state index in [9.17, 15) is 4.79 Å². The number of Topliss-reactive ketones (excluding diaryl/α,β-unsaturated/α-hetero) is 1. The zero-order valence-electron chi connectivity index (χ0n) is 20.7. The van der Waals surface area contributed by atoms with Crippen LogP contribution in [-0.2, 0) is 9.59 Å². The highest BCUT2D eigenvalue weighted by molar-refractivity contribution is 6.37. The Morgan fingerprint density at radius 1 is 1.05 bits per heavy atom. The Kier molecular flexibility index (Phi) is 9.39. The molecule has 4 rings (SSSR count). The summed E-state index contributed by atoms with van der Waals surface area (Å²) < 4.78 is 5.98. The molecule has 0 aliphatic rings. The molecule has 6 nitrogen and oxygen atoms in total. The van der Waals surface area contributed by atoms with Crippen LogP contribution in [0, 0.1) is 12.8 Å². The highest BCUT2D eigenvalue weighted by atomic mass is 35.5. The van der Waals surface area contributed by atoms with Crippen molar-refractivity contribution in [2.45, 2.75) is 20.8 Å². The molecular formula is C29H28Cl2N2O4. The van der Waals surface area contributed by atoms with Crippen LogP contribution in [0.25, 0.3) is 27.7 Å². The highest BCUT2D eigenvalue weighted by Gasteiger charge is 2.21. The largest absolute Gasteiger partial charge is 0.489 e. The number of ketones is 1. The summed E-state index contributed by atoms with van der Waals surface area (Å²) in [5.74, 6) is 0.264. The van der Waals surface area contributed by atoms with Crippen molar-refractivity contribution in [2.24, 2.45) is 11.7 Å². The fourth-order valence-corrected chi connectivity index (χ4v) is 4.49. The molecule has 0 saturated carbocycles. The predicted octanol–water partition coefficient (Wildman–Crippen LogP) is 7.12. The van der Waals surface area contributed by atoms with Gasteiger partial charge in [-0.3, -0.25) is 9.59 Å². The zero-order chi connectivity index (χ0) is 27.1. The number of aryl methyl sites for hydroxylation is 1. The van der Waals surface area contributed by atoms with Crippen molar-refractivity contribution in [1.29, 1.82) is 0 Å². The molecular weight excluding hydrogens is 511 g/mol. The number of H-pyrrole nitrogens is 1. The first-order valence-electron chi connectivity index (χ1n) is 11.5. The number of hydrogen-bond acceptors (Lipinski definition) is 4. The standard InChI is InChI=1S/C28H26Cl2N2O2.CH2O2/c1-16(2)28(33)22(27(31)26-23(29)5-4-6-24(26)30)15-34-20-10-7-18(8-11-20)19-9-12-21-17(3)14-32-25(21)13-19;2-1-3/h4-14,16,32H,15,31H2,1-3H3;1H,(H,2,3)/b27-22-;. The fraction of sp³-hybridized carbons (Fsp3) is 0.172. The fourth-order valence-electron chi connectivity index (χ4n) is 3.89. The van der Waals surface area contributed by atoms with E-state index in [1.807, 2.05) is 44.3 Å². The maximum absolute atomic E-state index is 12.9. The van der Waals surface area contributed by atoms with Crippen molar-refractivity contribution in [2.75, 3.05) is 6.61 Å². The Morgan fingerprint density at radius 3 is 2.24 bits per heavy atom. The van der Waals surface area contributed by atoms with Gasteiger partial charge in [0.1, 0.15) is 12.4 Å². The number of rotatable bonds is 7. The normalized spacial score (nSPS) is 11.5. The van der Waals surface area contributed by atoms with E-state index in [-0.39, 0.29) is 30.5 Å². The van der Waals surface area contributed by atoms with E-state index in [1.54, 1.807) is 18.2 Å². The molecule has 0 fully saturated rings. The third-order valence-electron chi connectivity index (χ3n) is 5.84. The Morgan fingerprint density at radius 2 is 1.65 bits per heavy atom. The van der Waals surface area contributed by atoms with Gasteiger partial charge in [0.15, 0.2) is 5.78 Å². The Balaban J connectivity index is 0.00000121. The van der Waals surface area contributed by atoms with E-state index in [2.05, 4.69) is 30.1 Å². The lowest BCUT2D eigenvalue weighted by Crippen LogP contribution is -2.21. The number of carboxylic acid groups (broad SMARTS) is 1. The quantitative estimate of drug-likeness (QED) is 0.171. The van der Waals surface area contributed by atoms with E-state index in [0.29, 0.717) is 26.9 Å². The van der Waals surface area contributed by atoms with Crippen LogP contribution in [0.15, 0.2) is 72.4 Å². The molecule has 192 valence electrons. The molecule has 0 saturated heterocycles. The van der Waals surface area contributed by atoms with Gasteiger partial charge in [0.2, 0.25) is 0 Å². The van der Waals surface area contributed by atoms with Crippen molar-refractivity contribution < 1.29 is 19.4 Å². The molecule has 0 aliphatic heterocycles. The number of benzene rings is 3. The van der Waals surface area contributed by atoms with Gasteiger partial charge in [-0.05, 0) is 53.9 Å². The molecule has 1 aromatic heterocycles. The van der Waals surface area contributed by atoms with E-state index in [0.717, 1.165) is 16.6 Å². The smallest absolute Gasteiger partial charge is 0.290 e. The molecule has 0 bridgehead atoms. The second-order valence-corrected chi connectivity index (χ2v) is 9.47. The number of aromatic amines is 1. The summed E-state index contributed by atoms with van der Waals surface area (Å²) in [6.07, 6.45) is 2.01. The summed E-state index contributed by atoms with van der Waals surface area (Å²) in [4.78, 5) is 24.6. The molecule has 0 aliphatic carbocycles. The van der Waals surface area contributed by atoms with Crippen LogP contribution >= 0.6 is 23.2 Å². The monoisotopic (exact) mass is 538 g/mol. The maximum atomic E-state index is 12.9. The minimum absolute atomic E-state index is 0.0114. The second-order valence-electron chi connectivity index (χ2n) is 8.66. The van der Waals surface area contributed by atoms with Crippen molar-refractivity contribution in [3.05, 3.63) is 93.6 Å². The van der Waals surface area contributed by atoms with Gasteiger partial charge < -0.3 is 20.6 Å². The molecule has 37 heavy (non-hydrogen) atoms. The summed E-state index contributed by atoms with van der Waals surface area (Å²) in [5, 5.41) is 8.88. The topological polar surface area (TPSA) is 105 Å². The van der Waals surface area contributed by atoms with Gasteiger partial charge in [0.25, 0.3) is 6.47 Å². The number of hydrogen-bond donors (Lipinski definition) is 3. The van der Waals surface area contributed by atoms with E-state index in [1.165, 1.54) is 10.9 Å². The third-order valence-corrected chi connectivity index (χ3v) is 6.47. The Labute approximate surface area is 225 Å². The first kappa shape index (κ1) is 27.8. The summed E-state index contributed by atoms with van der Waals surface area (Å²) in [5.41, 5.74) is 11.9. The van der Waals surface area contributed by atoms with E-state index in [4.69, 9.17) is 43.6 Å². The second kappa shape index (κ2) is 12.5. The molecule has 0 spiro atoms. The molecule has 0 amide bonds. The number of ether oxygens (including phenoxy) is 1. The zero-order valence-corrected chi connectivity index (χ0v) is 22.2. The lowest BCUT2D eigenvalue weighted by Gasteiger charge is -2.16. The maximum Gasteiger partial charge on any atom is 0.290 e. The van der Waals surface area contributed by atoms with Crippen molar-refractivity contribution in [1.82, 2.24) is 4.98 Å². The van der Waals surface area contributed by atoms with Gasteiger partial charge in [0, 0.05) is 28.6 Å². The van der Waals surface area contributed by atoms with E-state index >= 15 is 0 Å². The van der Waals surface area contributed by atoms with Gasteiger partial charge >= 0.3 is 0 Å². The molecule has 1 heterocycles. The number of nitrogens with two attached hydrogens (primary N) is 1. The minimum atomic E-state index is -0.257. The lowest BCUT2D eigenvalue weighted by atomic mass is 9.97. The van der Waals surface area contributed by atoms with Crippen LogP contribution < -0.4 is 10.5 Å². The number of halogens is 2. The minimum Gasteiger partial charge on any atom is -0.489 e. The highest BCUT2D eigenvalue weighted by Crippen LogP contribution is 2.32. The number of carbonyl (C=O) groups is 2. The number of nitrogens with one attached hydrogen (secondary N) is 1. The number of carbonyl (C=O) groups excluding carboxylic acids is 1. The Bertz CT molecular complexity index is 1420. The first-order valence-corrected chi connectivity index (χ1v) is 12.3. The summed E-state index contributed by atoms with van der Waals surface area (Å²) in [7, 11) is 0. The molecule has 0 radical (unpaired) electrons. The predicted molar refractivity (Wildman–Crippen MR) is 150 cm³/mol. The van der Waals surface area contributed by atoms with Crippen LogP contribution in [0.2, 0.25) is 10.0 Å². The molecule has 3 aromatic carbocycles.